The molecule has 0 unspecified atom stereocenters. The van der Waals surface area contributed by atoms with Crippen LogP contribution in [0, 0.1) is 0 Å². The van der Waals surface area contributed by atoms with E-state index >= 15 is 0 Å². The molecule has 0 saturated heterocycles. The molecule has 0 heterocycles. The quantitative estimate of drug-likeness (QED) is 0.702. The number of aromatic hydroxyl groups is 1. The Hall–Kier alpha value is 0.210. The molecule has 8 heteroatoms. The van der Waals surface area contributed by atoms with Crippen LogP contribution in [0.4, 0.5) is 13.2 Å². The maximum atomic E-state index is 12.3. The summed E-state index contributed by atoms with van der Waals surface area (Å²) in [5.74, 6) is -0.180. The van der Waals surface area contributed by atoms with Crippen molar-refractivity contribution in [1.82, 2.24) is 0 Å². The summed E-state index contributed by atoms with van der Waals surface area (Å²) in [5, 5.41) is 9.61. The minimum atomic E-state index is -4.36. The van der Waals surface area contributed by atoms with Gasteiger partial charge in [-0.2, -0.15) is 13.2 Å². The molecule has 1 aromatic rings. The summed E-state index contributed by atoms with van der Waals surface area (Å²) in [4.78, 5) is 0. The molecule has 0 aliphatic carbocycles. The lowest BCUT2D eigenvalue weighted by Gasteiger charge is -2.18. The molecule has 0 aromatic heterocycles. The molecule has 3 N–H and O–H groups in total. The van der Waals surface area contributed by atoms with Crippen molar-refractivity contribution in [3.05, 3.63) is 25.0 Å². The van der Waals surface area contributed by atoms with Gasteiger partial charge in [0.15, 0.2) is 0 Å². The third kappa shape index (κ3) is 3.84. The van der Waals surface area contributed by atoms with Gasteiger partial charge in [-0.05, 0) is 37.9 Å². The first-order chi connectivity index (χ1) is 7.63. The molecule has 0 radical (unpaired) electrons. The summed E-state index contributed by atoms with van der Waals surface area (Å²) in [6, 6.07) is 0.198. The van der Waals surface area contributed by atoms with Crippen molar-refractivity contribution in [3.63, 3.8) is 0 Å². The minimum Gasteiger partial charge on any atom is -0.506 e. The summed E-state index contributed by atoms with van der Waals surface area (Å²) in [7, 11) is 0. The van der Waals surface area contributed by atoms with Crippen molar-refractivity contribution >= 4 is 47.8 Å². The molecule has 0 aliphatic heterocycles. The van der Waals surface area contributed by atoms with Crippen LogP contribution in [0.15, 0.2) is 19.5 Å². The second-order valence-corrected chi connectivity index (χ2v) is 5.84. The Kier molecular flexibility index (Phi) is 4.90. The number of alkyl halides is 3. The van der Waals surface area contributed by atoms with Crippen LogP contribution in [0.2, 0.25) is 0 Å². The van der Waals surface area contributed by atoms with Gasteiger partial charge in [0.2, 0.25) is 0 Å². The summed E-state index contributed by atoms with van der Waals surface area (Å²) >= 11 is 9.22. The van der Waals surface area contributed by atoms with Crippen LogP contribution in [-0.2, 0) is 0 Å². The van der Waals surface area contributed by atoms with Gasteiger partial charge in [-0.25, -0.2) is 0 Å². The average molecular weight is 442 g/mol. The van der Waals surface area contributed by atoms with Gasteiger partial charge in [-0.15, -0.1) is 0 Å². The SMILES string of the molecule is N[C@H](CC(F)(F)F)c1c(Br)cc(Br)c(O)c1Br. The number of rotatable bonds is 2. The van der Waals surface area contributed by atoms with E-state index in [1.807, 2.05) is 0 Å². The van der Waals surface area contributed by atoms with Gasteiger partial charge in [-0.1, -0.05) is 15.9 Å². The van der Waals surface area contributed by atoms with E-state index in [2.05, 4.69) is 47.8 Å². The summed E-state index contributed by atoms with van der Waals surface area (Å²) in [5.41, 5.74) is 5.68. The predicted octanol–water partition coefficient (Wildman–Crippen LogP) is 4.63. The summed E-state index contributed by atoms with van der Waals surface area (Å²) in [6.45, 7) is 0. The second kappa shape index (κ2) is 5.46. The molecule has 0 aliphatic rings. The summed E-state index contributed by atoms with van der Waals surface area (Å²) < 4.78 is 37.7. The first-order valence-electron chi connectivity index (χ1n) is 4.32. The normalized spacial score (nSPS) is 13.8. The molecule has 0 amide bonds. The van der Waals surface area contributed by atoms with Gasteiger partial charge in [-0.3, -0.25) is 0 Å². The Bertz CT molecular complexity index is 436. The molecule has 0 fully saturated rings. The van der Waals surface area contributed by atoms with Crippen molar-refractivity contribution in [3.8, 4) is 5.75 Å². The van der Waals surface area contributed by atoms with Crippen LogP contribution < -0.4 is 5.73 Å². The van der Waals surface area contributed by atoms with Crippen molar-refractivity contribution in [2.75, 3.05) is 0 Å². The smallest absolute Gasteiger partial charge is 0.390 e. The third-order valence-corrected chi connectivity index (χ3v) is 4.07. The van der Waals surface area contributed by atoms with Crippen LogP contribution in [0.25, 0.3) is 0 Å². The first kappa shape index (κ1) is 15.3. The van der Waals surface area contributed by atoms with E-state index in [0.29, 0.717) is 8.95 Å². The van der Waals surface area contributed by atoms with Crippen LogP contribution in [0.5, 0.6) is 5.75 Å². The van der Waals surface area contributed by atoms with E-state index in [4.69, 9.17) is 5.73 Å². The summed E-state index contributed by atoms with van der Waals surface area (Å²) in [6.07, 6.45) is -5.52. The standard InChI is InChI=1S/C9H7Br3F3NO/c10-3-1-4(11)8(17)7(12)6(3)5(16)2-9(13,14)15/h1,5,17H,2,16H2/t5-/m1/s1. The van der Waals surface area contributed by atoms with E-state index in [-0.39, 0.29) is 15.8 Å². The zero-order chi connectivity index (χ0) is 13.4. The van der Waals surface area contributed by atoms with E-state index in [0.717, 1.165) is 0 Å². The molecule has 0 saturated carbocycles. The number of hydrogen-bond acceptors (Lipinski definition) is 2. The molecular weight excluding hydrogens is 435 g/mol. The van der Waals surface area contributed by atoms with E-state index in [1.165, 1.54) is 6.07 Å². The molecule has 1 rings (SSSR count). The average Bonchev–Trinajstić information content (AvgIpc) is 2.11. The maximum absolute atomic E-state index is 12.3. The molecule has 96 valence electrons. The van der Waals surface area contributed by atoms with Gasteiger partial charge < -0.3 is 10.8 Å². The first-order valence-corrected chi connectivity index (χ1v) is 6.70. The monoisotopic (exact) mass is 439 g/mol. The zero-order valence-electron chi connectivity index (χ0n) is 8.15. The van der Waals surface area contributed by atoms with Gasteiger partial charge >= 0.3 is 6.18 Å². The maximum Gasteiger partial charge on any atom is 0.390 e. The van der Waals surface area contributed by atoms with E-state index < -0.39 is 18.6 Å². The highest BCUT2D eigenvalue weighted by atomic mass is 79.9. The van der Waals surface area contributed by atoms with Crippen molar-refractivity contribution in [2.45, 2.75) is 18.6 Å². The van der Waals surface area contributed by atoms with Crippen molar-refractivity contribution in [2.24, 2.45) is 5.73 Å². The highest BCUT2D eigenvalue weighted by Crippen LogP contribution is 2.43. The van der Waals surface area contributed by atoms with Gasteiger partial charge in [0.1, 0.15) is 5.75 Å². The largest absolute Gasteiger partial charge is 0.506 e. The number of nitrogens with two attached hydrogens (primary N) is 1. The third-order valence-electron chi connectivity index (χ3n) is 2.00. The molecule has 2 nitrogen and oxygen atoms in total. The lowest BCUT2D eigenvalue weighted by atomic mass is 10.0. The molecule has 0 bridgehead atoms. The lowest BCUT2D eigenvalue weighted by Crippen LogP contribution is -2.21. The zero-order valence-corrected chi connectivity index (χ0v) is 12.9. The van der Waals surface area contributed by atoms with Crippen molar-refractivity contribution < 1.29 is 18.3 Å². The molecule has 0 spiro atoms. The number of phenols is 1. The van der Waals surface area contributed by atoms with E-state index in [1.54, 1.807) is 0 Å². The Morgan fingerprint density at radius 1 is 1.24 bits per heavy atom. The van der Waals surface area contributed by atoms with Gasteiger partial charge in [0.05, 0.1) is 15.4 Å². The number of hydrogen-bond donors (Lipinski definition) is 2. The van der Waals surface area contributed by atoms with Gasteiger partial charge in [0.25, 0.3) is 0 Å². The second-order valence-electron chi connectivity index (χ2n) is 3.34. The highest BCUT2D eigenvalue weighted by Gasteiger charge is 2.33. The lowest BCUT2D eigenvalue weighted by molar-refractivity contribution is -0.138. The topological polar surface area (TPSA) is 46.2 Å². The molecule has 1 aromatic carbocycles. The minimum absolute atomic E-state index is 0.149. The van der Waals surface area contributed by atoms with Crippen LogP contribution in [0.3, 0.4) is 0 Å². The number of benzene rings is 1. The fourth-order valence-electron chi connectivity index (χ4n) is 1.29. The van der Waals surface area contributed by atoms with Crippen LogP contribution in [-0.4, -0.2) is 11.3 Å². The molecular formula is C9H7Br3F3NO. The fourth-order valence-corrected chi connectivity index (χ4v) is 3.99. The van der Waals surface area contributed by atoms with Crippen LogP contribution in [0.1, 0.15) is 18.0 Å². The Balaban J connectivity index is 3.18. The molecule has 1 atom stereocenters. The highest BCUT2D eigenvalue weighted by molar-refractivity contribution is 9.11. The fraction of sp³-hybridized carbons (Fsp3) is 0.333. The Morgan fingerprint density at radius 2 is 1.76 bits per heavy atom. The van der Waals surface area contributed by atoms with Gasteiger partial charge in [0, 0.05) is 16.1 Å². The Labute approximate surface area is 121 Å². The predicted molar refractivity (Wildman–Crippen MR) is 68.8 cm³/mol. The Morgan fingerprint density at radius 3 is 2.24 bits per heavy atom. The molecule has 17 heavy (non-hydrogen) atoms. The van der Waals surface area contributed by atoms with E-state index in [9.17, 15) is 18.3 Å². The number of halogens is 6. The van der Waals surface area contributed by atoms with Crippen molar-refractivity contribution in [1.29, 1.82) is 0 Å². The van der Waals surface area contributed by atoms with Crippen LogP contribution >= 0.6 is 47.8 Å². The number of phenolic OH excluding ortho intramolecular Hbond substituents is 1.